The molecule has 2 nitrogen and oxygen atoms in total. The molecule has 1 aromatic rings. The molecule has 0 saturated heterocycles. The quantitative estimate of drug-likeness (QED) is 0.853. The van der Waals surface area contributed by atoms with Crippen molar-refractivity contribution in [3.05, 3.63) is 28.2 Å². The summed E-state index contributed by atoms with van der Waals surface area (Å²) >= 11 is 3.67. The first-order chi connectivity index (χ1) is 8.45. The van der Waals surface area contributed by atoms with Crippen LogP contribution in [0.15, 0.2) is 22.7 Å². The second-order valence-electron chi connectivity index (χ2n) is 5.45. The Labute approximate surface area is 120 Å². The summed E-state index contributed by atoms with van der Waals surface area (Å²) in [5.74, 6) is 0.670. The molecular weight excluding hydrogens is 288 g/mol. The predicted molar refractivity (Wildman–Crippen MR) is 84.2 cm³/mol. The molecule has 0 aromatic heterocycles. The Morgan fingerprint density at radius 1 is 1.22 bits per heavy atom. The first-order valence-corrected chi connectivity index (χ1v) is 7.44. The smallest absolute Gasteiger partial charge is 0.0380 e. The van der Waals surface area contributed by atoms with E-state index < -0.39 is 0 Å². The van der Waals surface area contributed by atoms with Crippen molar-refractivity contribution in [1.29, 1.82) is 0 Å². The second kappa shape index (κ2) is 7.15. The molecule has 0 bridgehead atoms. The number of halogens is 1. The van der Waals surface area contributed by atoms with Crippen molar-refractivity contribution in [3.63, 3.8) is 0 Å². The van der Waals surface area contributed by atoms with Crippen LogP contribution >= 0.6 is 15.9 Å². The third-order valence-electron chi connectivity index (χ3n) is 2.92. The van der Waals surface area contributed by atoms with Crippen LogP contribution in [0.1, 0.15) is 33.3 Å². The molecule has 1 aromatic carbocycles. The molecule has 0 heterocycles. The van der Waals surface area contributed by atoms with E-state index in [-0.39, 0.29) is 0 Å². The molecule has 0 atom stereocenters. The maximum absolute atomic E-state index is 3.67. The Morgan fingerprint density at radius 3 is 2.33 bits per heavy atom. The molecule has 0 fully saturated rings. The van der Waals surface area contributed by atoms with E-state index in [4.69, 9.17) is 0 Å². The highest BCUT2D eigenvalue weighted by molar-refractivity contribution is 9.10. The van der Waals surface area contributed by atoms with Crippen molar-refractivity contribution in [3.8, 4) is 0 Å². The molecule has 18 heavy (non-hydrogen) atoms. The van der Waals surface area contributed by atoms with Crippen molar-refractivity contribution >= 4 is 21.6 Å². The van der Waals surface area contributed by atoms with Crippen LogP contribution in [0.4, 0.5) is 5.69 Å². The van der Waals surface area contributed by atoms with Gasteiger partial charge < -0.3 is 10.2 Å². The number of hydrogen-bond acceptors (Lipinski definition) is 2. The van der Waals surface area contributed by atoms with Crippen LogP contribution in [0.2, 0.25) is 0 Å². The van der Waals surface area contributed by atoms with Gasteiger partial charge in [0.1, 0.15) is 0 Å². The van der Waals surface area contributed by atoms with Gasteiger partial charge in [-0.15, -0.1) is 0 Å². The van der Waals surface area contributed by atoms with E-state index >= 15 is 0 Å². The second-order valence-corrected chi connectivity index (χ2v) is 6.30. The van der Waals surface area contributed by atoms with Crippen LogP contribution in [0.5, 0.6) is 0 Å². The average Bonchev–Trinajstić information content (AvgIpc) is 2.28. The lowest BCUT2D eigenvalue weighted by Gasteiger charge is -2.31. The van der Waals surface area contributed by atoms with E-state index in [1.54, 1.807) is 0 Å². The summed E-state index contributed by atoms with van der Waals surface area (Å²) in [6.45, 7) is 11.0. The van der Waals surface area contributed by atoms with Crippen LogP contribution in [-0.4, -0.2) is 19.6 Å². The van der Waals surface area contributed by atoms with Gasteiger partial charge in [0.25, 0.3) is 0 Å². The topological polar surface area (TPSA) is 15.3 Å². The third kappa shape index (κ3) is 4.29. The summed E-state index contributed by atoms with van der Waals surface area (Å²) in [6, 6.07) is 7.18. The van der Waals surface area contributed by atoms with Gasteiger partial charge in [-0.2, -0.15) is 0 Å². The van der Waals surface area contributed by atoms with Gasteiger partial charge in [0, 0.05) is 29.3 Å². The van der Waals surface area contributed by atoms with Gasteiger partial charge in [-0.1, -0.05) is 35.8 Å². The first-order valence-electron chi connectivity index (χ1n) is 6.65. The molecule has 0 radical (unpaired) electrons. The highest BCUT2D eigenvalue weighted by Gasteiger charge is 2.13. The number of hydrogen-bond donors (Lipinski definition) is 1. The SMILES string of the molecule is CNCc1ccc(N(CC(C)C)C(C)C)cc1Br. The van der Waals surface area contributed by atoms with Gasteiger partial charge in [0.15, 0.2) is 0 Å². The largest absolute Gasteiger partial charge is 0.369 e. The van der Waals surface area contributed by atoms with Crippen LogP contribution in [-0.2, 0) is 6.54 Å². The fraction of sp³-hybridized carbons (Fsp3) is 0.600. The average molecular weight is 313 g/mol. The van der Waals surface area contributed by atoms with E-state index in [1.807, 2.05) is 7.05 Å². The lowest BCUT2D eigenvalue weighted by molar-refractivity contribution is 0.571. The van der Waals surface area contributed by atoms with Gasteiger partial charge in [-0.3, -0.25) is 0 Å². The van der Waals surface area contributed by atoms with Crippen molar-refractivity contribution < 1.29 is 0 Å². The van der Waals surface area contributed by atoms with Crippen LogP contribution in [0.3, 0.4) is 0 Å². The molecule has 0 saturated carbocycles. The summed E-state index contributed by atoms with van der Waals surface area (Å²) in [4.78, 5) is 2.46. The van der Waals surface area contributed by atoms with Crippen LogP contribution in [0, 0.1) is 5.92 Å². The van der Waals surface area contributed by atoms with Crippen molar-refractivity contribution in [2.24, 2.45) is 5.92 Å². The summed E-state index contributed by atoms with van der Waals surface area (Å²) in [5, 5.41) is 3.18. The van der Waals surface area contributed by atoms with Gasteiger partial charge in [0.2, 0.25) is 0 Å². The minimum Gasteiger partial charge on any atom is -0.369 e. The van der Waals surface area contributed by atoms with Crippen LogP contribution in [0.25, 0.3) is 0 Å². The zero-order valence-corrected chi connectivity index (χ0v) is 13.7. The minimum absolute atomic E-state index is 0.523. The molecule has 0 aliphatic carbocycles. The van der Waals surface area contributed by atoms with Gasteiger partial charge in [-0.25, -0.2) is 0 Å². The number of anilines is 1. The van der Waals surface area contributed by atoms with E-state index in [0.717, 1.165) is 13.1 Å². The number of nitrogens with zero attached hydrogens (tertiary/aromatic N) is 1. The maximum Gasteiger partial charge on any atom is 0.0380 e. The van der Waals surface area contributed by atoms with Gasteiger partial charge in [0.05, 0.1) is 0 Å². The fourth-order valence-corrected chi connectivity index (χ4v) is 2.56. The Kier molecular flexibility index (Phi) is 6.16. The molecular formula is C15H25BrN2. The summed E-state index contributed by atoms with van der Waals surface area (Å²) in [5.41, 5.74) is 2.60. The van der Waals surface area contributed by atoms with E-state index in [9.17, 15) is 0 Å². The molecule has 0 spiro atoms. The third-order valence-corrected chi connectivity index (χ3v) is 3.66. The number of rotatable bonds is 6. The molecule has 1 rings (SSSR count). The normalized spacial score (nSPS) is 11.3. The maximum atomic E-state index is 3.67. The highest BCUT2D eigenvalue weighted by atomic mass is 79.9. The fourth-order valence-electron chi connectivity index (χ4n) is 2.06. The molecule has 102 valence electrons. The lowest BCUT2D eigenvalue weighted by Crippen LogP contribution is -2.34. The highest BCUT2D eigenvalue weighted by Crippen LogP contribution is 2.26. The Hall–Kier alpha value is -0.540. The summed E-state index contributed by atoms with van der Waals surface area (Å²) in [7, 11) is 1.97. The lowest BCUT2D eigenvalue weighted by atomic mass is 10.1. The Bertz CT molecular complexity index is 375. The monoisotopic (exact) mass is 312 g/mol. The van der Waals surface area contributed by atoms with Crippen molar-refractivity contribution in [2.45, 2.75) is 40.3 Å². The minimum atomic E-state index is 0.523. The molecule has 0 aliphatic rings. The van der Waals surface area contributed by atoms with Crippen LogP contribution < -0.4 is 10.2 Å². The zero-order chi connectivity index (χ0) is 13.7. The predicted octanol–water partition coefficient (Wildman–Crippen LogP) is 4.04. The summed E-state index contributed by atoms with van der Waals surface area (Å²) < 4.78 is 1.18. The number of nitrogens with one attached hydrogen (secondary N) is 1. The molecule has 0 aliphatic heterocycles. The number of benzene rings is 1. The molecule has 3 heteroatoms. The molecule has 1 N–H and O–H groups in total. The van der Waals surface area contributed by atoms with E-state index in [2.05, 4.69) is 72.0 Å². The van der Waals surface area contributed by atoms with E-state index in [1.165, 1.54) is 15.7 Å². The Morgan fingerprint density at radius 2 is 1.89 bits per heavy atom. The van der Waals surface area contributed by atoms with Gasteiger partial charge >= 0.3 is 0 Å². The molecule has 0 unspecified atom stereocenters. The standard InChI is InChI=1S/C15H25BrN2/c1-11(2)10-18(12(3)4)14-7-6-13(9-17-5)15(16)8-14/h6-8,11-12,17H,9-10H2,1-5H3. The summed E-state index contributed by atoms with van der Waals surface area (Å²) in [6.07, 6.45) is 0. The van der Waals surface area contributed by atoms with Gasteiger partial charge in [-0.05, 0) is 44.5 Å². The Balaban J connectivity index is 2.95. The molecule has 0 amide bonds. The zero-order valence-electron chi connectivity index (χ0n) is 12.1. The van der Waals surface area contributed by atoms with E-state index in [0.29, 0.717) is 12.0 Å². The first kappa shape index (κ1) is 15.5. The van der Waals surface area contributed by atoms with Crippen molar-refractivity contribution in [1.82, 2.24) is 5.32 Å². The van der Waals surface area contributed by atoms with Crippen molar-refractivity contribution in [2.75, 3.05) is 18.5 Å².